The number of hydrogen-bond donors (Lipinski definition) is 0. The first kappa shape index (κ1) is 30.4. The third kappa shape index (κ3) is 7.95. The molecule has 0 aliphatic carbocycles. The lowest BCUT2D eigenvalue weighted by molar-refractivity contribution is -0.146. The Morgan fingerprint density at radius 3 is 1.32 bits per heavy atom. The highest BCUT2D eigenvalue weighted by Gasteiger charge is 2.34. The molecule has 0 bridgehead atoms. The molecule has 3 aliphatic rings. The molecule has 2 amide bonds. The van der Waals surface area contributed by atoms with E-state index < -0.39 is 0 Å². The summed E-state index contributed by atoms with van der Waals surface area (Å²) in [6.45, 7) is 8.29. The minimum Gasteiger partial charge on any atom is -0.339 e. The topological polar surface area (TPSA) is 47.1 Å². The van der Waals surface area contributed by atoms with Crippen LogP contribution < -0.4 is 0 Å². The average Bonchev–Trinajstić information content (AvgIpc) is 2.94. The van der Waals surface area contributed by atoms with Crippen molar-refractivity contribution in [3.05, 3.63) is 71.8 Å². The Balaban J connectivity index is 0.00000200. The summed E-state index contributed by atoms with van der Waals surface area (Å²) in [4.78, 5) is 35.5. The number of carbonyl (C=O) groups excluding carboxylic acids is 2. The SMILES string of the molecule is Cl.Cl.O=C(C1CCCN(Cc2ccccc2)C1)N1CCN(C(=O)C2CCCN(Cc3ccccc3)C2)CC1. The molecule has 2 atom stereocenters. The van der Waals surface area contributed by atoms with Crippen LogP contribution >= 0.6 is 24.8 Å². The Kier molecular flexibility index (Phi) is 11.9. The highest BCUT2D eigenvalue weighted by molar-refractivity contribution is 5.85. The van der Waals surface area contributed by atoms with Gasteiger partial charge in [-0.2, -0.15) is 0 Å². The lowest BCUT2D eigenvalue weighted by Crippen LogP contribution is -2.55. The molecular weight excluding hydrogens is 519 g/mol. The molecule has 208 valence electrons. The largest absolute Gasteiger partial charge is 0.339 e. The summed E-state index contributed by atoms with van der Waals surface area (Å²) in [6, 6.07) is 21.1. The Morgan fingerprint density at radius 1 is 0.579 bits per heavy atom. The van der Waals surface area contributed by atoms with Crippen molar-refractivity contribution in [2.75, 3.05) is 52.4 Å². The molecule has 2 aromatic rings. The zero-order chi connectivity index (χ0) is 24.7. The molecule has 2 aromatic carbocycles. The molecule has 3 heterocycles. The molecule has 0 N–H and O–H groups in total. The summed E-state index contributed by atoms with van der Waals surface area (Å²) in [5, 5.41) is 0. The smallest absolute Gasteiger partial charge is 0.227 e. The fourth-order valence-electron chi connectivity index (χ4n) is 6.15. The van der Waals surface area contributed by atoms with E-state index in [9.17, 15) is 9.59 Å². The number of piperazine rings is 1. The van der Waals surface area contributed by atoms with Crippen LogP contribution in [-0.4, -0.2) is 83.8 Å². The van der Waals surface area contributed by atoms with Crippen molar-refractivity contribution >= 4 is 36.6 Å². The van der Waals surface area contributed by atoms with Crippen LogP contribution in [-0.2, 0) is 22.7 Å². The molecule has 3 saturated heterocycles. The van der Waals surface area contributed by atoms with E-state index in [0.717, 1.165) is 65.0 Å². The van der Waals surface area contributed by atoms with Crippen molar-refractivity contribution in [3.63, 3.8) is 0 Å². The molecule has 0 spiro atoms. The van der Waals surface area contributed by atoms with Gasteiger partial charge in [-0.05, 0) is 49.9 Å². The van der Waals surface area contributed by atoms with Crippen LogP contribution in [0.25, 0.3) is 0 Å². The third-order valence-corrected chi connectivity index (χ3v) is 8.11. The highest BCUT2D eigenvalue weighted by Crippen LogP contribution is 2.24. The van der Waals surface area contributed by atoms with Gasteiger partial charge in [0.25, 0.3) is 0 Å². The first-order valence-electron chi connectivity index (χ1n) is 13.8. The molecule has 5 rings (SSSR count). The predicted molar refractivity (Wildman–Crippen MR) is 157 cm³/mol. The van der Waals surface area contributed by atoms with E-state index in [0.29, 0.717) is 26.2 Å². The molecule has 0 radical (unpaired) electrons. The molecular formula is C30H42Cl2N4O2. The third-order valence-electron chi connectivity index (χ3n) is 8.11. The van der Waals surface area contributed by atoms with Crippen molar-refractivity contribution in [1.29, 1.82) is 0 Å². The molecule has 2 unspecified atom stereocenters. The molecule has 3 fully saturated rings. The van der Waals surface area contributed by atoms with Gasteiger partial charge < -0.3 is 9.80 Å². The lowest BCUT2D eigenvalue weighted by atomic mass is 9.94. The van der Waals surface area contributed by atoms with Crippen molar-refractivity contribution in [2.24, 2.45) is 11.8 Å². The number of rotatable bonds is 6. The fraction of sp³-hybridized carbons (Fsp3) is 0.533. The molecule has 6 nitrogen and oxygen atoms in total. The second kappa shape index (κ2) is 14.9. The van der Waals surface area contributed by atoms with E-state index in [1.165, 1.54) is 11.1 Å². The summed E-state index contributed by atoms with van der Waals surface area (Å²) in [5.41, 5.74) is 2.62. The summed E-state index contributed by atoms with van der Waals surface area (Å²) >= 11 is 0. The second-order valence-electron chi connectivity index (χ2n) is 10.8. The number of amides is 2. The summed E-state index contributed by atoms with van der Waals surface area (Å²) < 4.78 is 0. The Labute approximate surface area is 240 Å². The number of benzene rings is 2. The maximum absolute atomic E-state index is 13.3. The molecule has 8 heteroatoms. The van der Waals surface area contributed by atoms with E-state index in [2.05, 4.69) is 58.3 Å². The molecule has 0 saturated carbocycles. The van der Waals surface area contributed by atoms with Crippen LogP contribution in [0.4, 0.5) is 0 Å². The monoisotopic (exact) mass is 560 g/mol. The van der Waals surface area contributed by atoms with Gasteiger partial charge in [-0.1, -0.05) is 60.7 Å². The maximum Gasteiger partial charge on any atom is 0.227 e. The van der Waals surface area contributed by atoms with Crippen molar-refractivity contribution < 1.29 is 9.59 Å². The van der Waals surface area contributed by atoms with Crippen LogP contribution in [0, 0.1) is 11.8 Å². The Bertz CT molecular complexity index is 920. The molecule has 0 aromatic heterocycles. The second-order valence-corrected chi connectivity index (χ2v) is 10.8. The lowest BCUT2D eigenvalue weighted by Gasteiger charge is -2.41. The van der Waals surface area contributed by atoms with Crippen LogP contribution in [0.5, 0.6) is 0 Å². The minimum atomic E-state index is 0. The van der Waals surface area contributed by atoms with E-state index >= 15 is 0 Å². The summed E-state index contributed by atoms with van der Waals surface area (Å²) in [7, 11) is 0. The maximum atomic E-state index is 13.3. The molecule has 38 heavy (non-hydrogen) atoms. The molecule has 3 aliphatic heterocycles. The number of nitrogens with zero attached hydrogens (tertiary/aromatic N) is 4. The van der Waals surface area contributed by atoms with E-state index in [1.54, 1.807) is 0 Å². The van der Waals surface area contributed by atoms with Gasteiger partial charge in [0, 0.05) is 52.4 Å². The van der Waals surface area contributed by atoms with Crippen molar-refractivity contribution in [3.8, 4) is 0 Å². The van der Waals surface area contributed by atoms with Crippen LogP contribution in [0.3, 0.4) is 0 Å². The Morgan fingerprint density at radius 2 is 0.947 bits per heavy atom. The first-order chi connectivity index (χ1) is 17.7. The van der Waals surface area contributed by atoms with Crippen LogP contribution in [0.1, 0.15) is 36.8 Å². The van der Waals surface area contributed by atoms with E-state index in [1.807, 2.05) is 21.9 Å². The van der Waals surface area contributed by atoms with Gasteiger partial charge in [0.15, 0.2) is 0 Å². The summed E-state index contributed by atoms with van der Waals surface area (Å²) in [5.74, 6) is 0.724. The van der Waals surface area contributed by atoms with Crippen LogP contribution in [0.2, 0.25) is 0 Å². The van der Waals surface area contributed by atoms with E-state index in [4.69, 9.17) is 0 Å². The number of hydrogen-bond acceptors (Lipinski definition) is 4. The zero-order valence-electron chi connectivity index (χ0n) is 22.2. The number of halogens is 2. The van der Waals surface area contributed by atoms with Gasteiger partial charge >= 0.3 is 0 Å². The fourth-order valence-corrected chi connectivity index (χ4v) is 6.15. The quantitative estimate of drug-likeness (QED) is 0.527. The minimum absolute atomic E-state index is 0. The predicted octanol–water partition coefficient (Wildman–Crippen LogP) is 4.33. The number of carbonyl (C=O) groups is 2. The zero-order valence-corrected chi connectivity index (χ0v) is 23.9. The van der Waals surface area contributed by atoms with Gasteiger partial charge in [0.2, 0.25) is 11.8 Å². The Hall–Kier alpha value is -2.12. The average molecular weight is 562 g/mol. The van der Waals surface area contributed by atoms with Crippen LogP contribution in [0.15, 0.2) is 60.7 Å². The van der Waals surface area contributed by atoms with Gasteiger partial charge in [-0.15, -0.1) is 24.8 Å². The standard InChI is InChI=1S/C30H40N4O2.2ClH/c35-29(27-13-7-15-31(23-27)21-25-9-3-1-4-10-25)33-17-19-34(20-18-33)30(36)28-14-8-16-32(24-28)22-26-11-5-2-6-12-26;;/h1-6,9-12,27-28H,7-8,13-24H2;2*1H. The van der Waals surface area contributed by atoms with Gasteiger partial charge in [0.1, 0.15) is 0 Å². The van der Waals surface area contributed by atoms with Gasteiger partial charge in [-0.25, -0.2) is 0 Å². The number of piperidine rings is 2. The van der Waals surface area contributed by atoms with E-state index in [-0.39, 0.29) is 48.5 Å². The van der Waals surface area contributed by atoms with Gasteiger partial charge in [-0.3, -0.25) is 19.4 Å². The van der Waals surface area contributed by atoms with Crippen molar-refractivity contribution in [2.45, 2.75) is 38.8 Å². The summed E-state index contributed by atoms with van der Waals surface area (Å²) in [6.07, 6.45) is 4.09. The highest BCUT2D eigenvalue weighted by atomic mass is 35.5. The van der Waals surface area contributed by atoms with Gasteiger partial charge in [0.05, 0.1) is 11.8 Å². The van der Waals surface area contributed by atoms with Crippen molar-refractivity contribution in [1.82, 2.24) is 19.6 Å². The number of likely N-dealkylation sites (tertiary alicyclic amines) is 2. The normalized spacial score (nSPS) is 22.7. The first-order valence-corrected chi connectivity index (χ1v) is 13.8.